The number of fused-ring (bicyclic) bond motifs is 1. The summed E-state index contributed by atoms with van der Waals surface area (Å²) < 4.78 is 0. The second-order valence-electron chi connectivity index (χ2n) is 7.57. The molecule has 1 aliphatic heterocycles. The lowest BCUT2D eigenvalue weighted by molar-refractivity contribution is -0.129. The van der Waals surface area contributed by atoms with Crippen LogP contribution in [0.15, 0.2) is 35.3 Å². The minimum absolute atomic E-state index is 0.218. The predicted octanol–water partition coefficient (Wildman–Crippen LogP) is 2.37. The molecule has 1 aliphatic rings. The van der Waals surface area contributed by atoms with Gasteiger partial charge < -0.3 is 20.4 Å². The van der Waals surface area contributed by atoms with Crippen LogP contribution < -0.4 is 15.5 Å². The largest absolute Gasteiger partial charge is 0.363 e. The zero-order valence-electron chi connectivity index (χ0n) is 17.9. The summed E-state index contributed by atoms with van der Waals surface area (Å²) in [6.45, 7) is 6.87. The molecule has 1 amide bonds. The Morgan fingerprint density at radius 2 is 2.10 bits per heavy atom. The summed E-state index contributed by atoms with van der Waals surface area (Å²) in [5, 5.41) is 7.96. The molecule has 1 fully saturated rings. The van der Waals surface area contributed by atoms with E-state index in [0.29, 0.717) is 13.0 Å². The smallest absolute Gasteiger partial charge is 0.222 e. The molecule has 0 radical (unpaired) electrons. The third-order valence-corrected chi connectivity index (χ3v) is 5.18. The highest BCUT2D eigenvalue weighted by Gasteiger charge is 2.25. The van der Waals surface area contributed by atoms with Gasteiger partial charge in [-0.1, -0.05) is 25.1 Å². The fourth-order valence-corrected chi connectivity index (χ4v) is 3.60. The van der Waals surface area contributed by atoms with Gasteiger partial charge in [-0.2, -0.15) is 0 Å². The number of guanidine groups is 1. The Kier molecular flexibility index (Phi) is 6.90. The number of aromatic nitrogens is 1. The maximum atomic E-state index is 11.9. The monoisotopic (exact) mass is 396 g/mol. The van der Waals surface area contributed by atoms with Gasteiger partial charge in [0.05, 0.1) is 12.1 Å². The molecule has 2 aromatic rings. The van der Waals surface area contributed by atoms with Gasteiger partial charge in [0, 0.05) is 51.6 Å². The molecular formula is C22H32N6O. The number of amides is 1. The molecule has 2 N–H and O–H groups in total. The number of rotatable bonds is 6. The number of pyridine rings is 1. The van der Waals surface area contributed by atoms with Gasteiger partial charge in [0.1, 0.15) is 5.82 Å². The maximum Gasteiger partial charge on any atom is 0.222 e. The third kappa shape index (κ3) is 5.16. The molecule has 1 saturated heterocycles. The number of benzene rings is 1. The van der Waals surface area contributed by atoms with Crippen LogP contribution in [0.25, 0.3) is 10.9 Å². The van der Waals surface area contributed by atoms with E-state index in [0.717, 1.165) is 54.3 Å². The Hall–Kier alpha value is -2.83. The van der Waals surface area contributed by atoms with Crippen molar-refractivity contribution in [2.24, 2.45) is 4.99 Å². The summed E-state index contributed by atoms with van der Waals surface area (Å²) in [5.41, 5.74) is 2.12. The molecule has 29 heavy (non-hydrogen) atoms. The van der Waals surface area contributed by atoms with E-state index in [4.69, 9.17) is 9.98 Å². The molecule has 156 valence electrons. The predicted molar refractivity (Wildman–Crippen MR) is 119 cm³/mol. The van der Waals surface area contributed by atoms with Crippen LogP contribution >= 0.6 is 0 Å². The van der Waals surface area contributed by atoms with Gasteiger partial charge in [0.2, 0.25) is 5.91 Å². The Bertz CT molecular complexity index is 879. The summed E-state index contributed by atoms with van der Waals surface area (Å²) in [6, 6.07) is 10.5. The van der Waals surface area contributed by atoms with Crippen LogP contribution in [0.1, 0.15) is 32.3 Å². The standard InChI is InChI=1S/C22H32N6O/c1-5-21(29)28-12-11-17(15-28)25-22(23-6-2)24-14-16-13-20(27(3)4)26-19-10-8-7-9-18(16)19/h7-10,13,17H,5-6,11-12,14-15H2,1-4H3,(H2,23,24,25). The number of nitrogens with zero attached hydrogens (tertiary/aromatic N) is 4. The van der Waals surface area contributed by atoms with Gasteiger partial charge in [-0.15, -0.1) is 0 Å². The van der Waals surface area contributed by atoms with E-state index in [9.17, 15) is 4.79 Å². The molecule has 1 aromatic carbocycles. The van der Waals surface area contributed by atoms with Crippen molar-refractivity contribution >= 4 is 28.6 Å². The average Bonchev–Trinajstić information content (AvgIpc) is 3.19. The molecule has 1 atom stereocenters. The first-order chi connectivity index (χ1) is 14.0. The van der Waals surface area contributed by atoms with Gasteiger partial charge in [0.15, 0.2) is 5.96 Å². The SMILES string of the molecule is CCNC(=NCc1cc(N(C)C)nc2ccccc12)NC1CCN(C(=O)CC)C1. The quantitative estimate of drug-likeness (QED) is 0.579. The first kappa shape index (κ1) is 20.9. The molecule has 0 saturated carbocycles. The molecule has 0 aliphatic carbocycles. The fraction of sp³-hybridized carbons (Fsp3) is 0.500. The molecule has 1 aromatic heterocycles. The summed E-state index contributed by atoms with van der Waals surface area (Å²) in [6.07, 6.45) is 1.50. The summed E-state index contributed by atoms with van der Waals surface area (Å²) in [4.78, 5) is 25.4. The maximum absolute atomic E-state index is 11.9. The number of anilines is 1. The van der Waals surface area contributed by atoms with E-state index in [-0.39, 0.29) is 11.9 Å². The first-order valence-corrected chi connectivity index (χ1v) is 10.4. The van der Waals surface area contributed by atoms with Crippen LogP contribution in [0.5, 0.6) is 0 Å². The van der Waals surface area contributed by atoms with E-state index in [1.54, 1.807) is 0 Å². The molecule has 0 bridgehead atoms. The van der Waals surface area contributed by atoms with Gasteiger partial charge in [-0.05, 0) is 31.0 Å². The number of hydrogen-bond acceptors (Lipinski definition) is 4. The lowest BCUT2D eigenvalue weighted by atomic mass is 10.1. The number of aliphatic imine (C=N–C) groups is 1. The molecule has 7 nitrogen and oxygen atoms in total. The third-order valence-electron chi connectivity index (χ3n) is 5.18. The van der Waals surface area contributed by atoms with Crippen LogP contribution in [-0.4, -0.2) is 61.5 Å². The molecule has 3 rings (SSSR count). The van der Waals surface area contributed by atoms with E-state index >= 15 is 0 Å². The van der Waals surface area contributed by atoms with Crippen molar-refractivity contribution in [2.45, 2.75) is 39.3 Å². The van der Waals surface area contributed by atoms with E-state index < -0.39 is 0 Å². The van der Waals surface area contributed by atoms with Gasteiger partial charge in [-0.25, -0.2) is 9.98 Å². The highest BCUT2D eigenvalue weighted by atomic mass is 16.2. The van der Waals surface area contributed by atoms with Crippen LogP contribution in [-0.2, 0) is 11.3 Å². The second-order valence-corrected chi connectivity index (χ2v) is 7.57. The normalized spacial score (nSPS) is 16.9. The van der Waals surface area contributed by atoms with E-state index in [1.807, 2.05) is 49.0 Å². The fourth-order valence-electron chi connectivity index (χ4n) is 3.60. The molecule has 7 heteroatoms. The lowest BCUT2D eigenvalue weighted by Crippen LogP contribution is -2.45. The van der Waals surface area contributed by atoms with Crippen LogP contribution in [0.4, 0.5) is 5.82 Å². The number of nitrogens with one attached hydrogen (secondary N) is 2. The zero-order chi connectivity index (χ0) is 20.8. The average molecular weight is 397 g/mol. The van der Waals surface area contributed by atoms with E-state index in [1.165, 1.54) is 0 Å². The zero-order valence-corrected chi connectivity index (χ0v) is 17.9. The topological polar surface area (TPSA) is 72.9 Å². The molecule has 0 spiro atoms. The summed E-state index contributed by atoms with van der Waals surface area (Å²) >= 11 is 0. The Balaban J connectivity index is 1.78. The van der Waals surface area contributed by atoms with Crippen LogP contribution in [0.3, 0.4) is 0 Å². The van der Waals surface area contributed by atoms with Crippen molar-refractivity contribution in [1.29, 1.82) is 0 Å². The number of carbonyl (C=O) groups is 1. The first-order valence-electron chi connectivity index (χ1n) is 10.4. The van der Waals surface area contributed by atoms with E-state index in [2.05, 4.69) is 29.7 Å². The molecule has 2 heterocycles. The van der Waals surface area contributed by atoms with Crippen molar-refractivity contribution in [3.8, 4) is 0 Å². The number of hydrogen-bond donors (Lipinski definition) is 2. The minimum atomic E-state index is 0.218. The van der Waals surface area contributed by atoms with Crippen LogP contribution in [0, 0.1) is 0 Å². The Morgan fingerprint density at radius 3 is 2.83 bits per heavy atom. The summed E-state index contributed by atoms with van der Waals surface area (Å²) in [7, 11) is 4.00. The Morgan fingerprint density at radius 1 is 1.31 bits per heavy atom. The van der Waals surface area contributed by atoms with Crippen LogP contribution in [0.2, 0.25) is 0 Å². The van der Waals surface area contributed by atoms with Gasteiger partial charge in [-0.3, -0.25) is 4.79 Å². The number of carbonyl (C=O) groups excluding carboxylic acids is 1. The highest BCUT2D eigenvalue weighted by molar-refractivity contribution is 5.85. The molecule has 1 unspecified atom stereocenters. The number of likely N-dealkylation sites (tertiary alicyclic amines) is 1. The van der Waals surface area contributed by atoms with Crippen molar-refractivity contribution in [2.75, 3.05) is 38.6 Å². The van der Waals surface area contributed by atoms with Crippen molar-refractivity contribution in [3.63, 3.8) is 0 Å². The number of para-hydroxylation sites is 1. The highest BCUT2D eigenvalue weighted by Crippen LogP contribution is 2.22. The summed E-state index contributed by atoms with van der Waals surface area (Å²) in [5.74, 6) is 1.93. The van der Waals surface area contributed by atoms with Gasteiger partial charge >= 0.3 is 0 Å². The second kappa shape index (κ2) is 9.58. The van der Waals surface area contributed by atoms with Crippen molar-refractivity contribution < 1.29 is 4.79 Å². The lowest BCUT2D eigenvalue weighted by Gasteiger charge is -2.19. The van der Waals surface area contributed by atoms with Gasteiger partial charge in [0.25, 0.3) is 0 Å². The Labute approximate surface area is 173 Å². The van der Waals surface area contributed by atoms with Crippen molar-refractivity contribution in [1.82, 2.24) is 20.5 Å². The minimum Gasteiger partial charge on any atom is -0.363 e. The molecular weight excluding hydrogens is 364 g/mol. The van der Waals surface area contributed by atoms with Crippen molar-refractivity contribution in [3.05, 3.63) is 35.9 Å².